The SMILES string of the molecule is Cc1ccc(C(=O)Nc2cccc([N+](=O)[O-])c2)cc1NS(=O)(=O)c1ccccc1. The Kier molecular flexibility index (Phi) is 5.60. The second-order valence-electron chi connectivity index (χ2n) is 6.21. The van der Waals surface area contributed by atoms with E-state index in [-0.39, 0.29) is 27.5 Å². The summed E-state index contributed by atoms with van der Waals surface area (Å²) in [5.41, 5.74) is 1.21. The molecule has 0 saturated heterocycles. The molecular weight excluding hydrogens is 394 g/mol. The van der Waals surface area contributed by atoms with Crippen LogP contribution in [-0.4, -0.2) is 19.2 Å². The quantitative estimate of drug-likeness (QED) is 0.470. The molecule has 3 aromatic rings. The summed E-state index contributed by atoms with van der Waals surface area (Å²) in [6.07, 6.45) is 0. The largest absolute Gasteiger partial charge is 0.322 e. The highest BCUT2D eigenvalue weighted by molar-refractivity contribution is 7.92. The van der Waals surface area contributed by atoms with E-state index >= 15 is 0 Å². The molecule has 0 unspecified atom stereocenters. The van der Waals surface area contributed by atoms with Gasteiger partial charge in [-0.1, -0.05) is 30.3 Å². The van der Waals surface area contributed by atoms with Crippen LogP contribution in [0.2, 0.25) is 0 Å². The van der Waals surface area contributed by atoms with E-state index in [1.807, 2.05) is 0 Å². The summed E-state index contributed by atoms with van der Waals surface area (Å²) >= 11 is 0. The Hall–Kier alpha value is -3.72. The van der Waals surface area contributed by atoms with Crippen molar-refractivity contribution in [3.05, 3.63) is 94.0 Å². The minimum absolute atomic E-state index is 0.103. The lowest BCUT2D eigenvalue weighted by Crippen LogP contribution is -2.16. The fraction of sp³-hybridized carbons (Fsp3) is 0.0500. The molecule has 0 bridgehead atoms. The predicted octanol–water partition coefficient (Wildman–Crippen LogP) is 3.96. The van der Waals surface area contributed by atoms with Crippen molar-refractivity contribution in [3.63, 3.8) is 0 Å². The molecule has 0 saturated carbocycles. The van der Waals surface area contributed by atoms with Gasteiger partial charge in [-0.3, -0.25) is 19.6 Å². The number of nitrogens with zero attached hydrogens (tertiary/aromatic N) is 1. The highest BCUT2D eigenvalue weighted by atomic mass is 32.2. The number of nitro groups is 1. The first-order valence-electron chi connectivity index (χ1n) is 8.50. The fourth-order valence-electron chi connectivity index (χ4n) is 2.58. The van der Waals surface area contributed by atoms with E-state index in [1.165, 1.54) is 42.5 Å². The van der Waals surface area contributed by atoms with Gasteiger partial charge in [0.2, 0.25) is 0 Å². The van der Waals surface area contributed by atoms with E-state index in [0.29, 0.717) is 5.56 Å². The monoisotopic (exact) mass is 411 g/mol. The van der Waals surface area contributed by atoms with Gasteiger partial charge in [-0.2, -0.15) is 0 Å². The van der Waals surface area contributed by atoms with E-state index in [0.717, 1.165) is 0 Å². The Morgan fingerprint density at radius 3 is 2.38 bits per heavy atom. The van der Waals surface area contributed by atoms with Crippen LogP contribution in [0.15, 0.2) is 77.7 Å². The van der Waals surface area contributed by atoms with Gasteiger partial charge < -0.3 is 5.32 Å². The number of benzene rings is 3. The number of carbonyl (C=O) groups is 1. The molecule has 29 heavy (non-hydrogen) atoms. The van der Waals surface area contributed by atoms with Crippen LogP contribution in [0.5, 0.6) is 0 Å². The minimum atomic E-state index is -3.81. The van der Waals surface area contributed by atoms with Crippen LogP contribution >= 0.6 is 0 Å². The number of carbonyl (C=O) groups excluding carboxylic acids is 1. The number of aryl methyl sites for hydroxylation is 1. The highest BCUT2D eigenvalue weighted by Crippen LogP contribution is 2.23. The van der Waals surface area contributed by atoms with Crippen molar-refractivity contribution in [3.8, 4) is 0 Å². The van der Waals surface area contributed by atoms with Gasteiger partial charge in [-0.25, -0.2) is 8.42 Å². The normalized spacial score (nSPS) is 10.9. The van der Waals surface area contributed by atoms with Crippen LogP contribution in [0.4, 0.5) is 17.1 Å². The van der Waals surface area contributed by atoms with Crippen LogP contribution in [-0.2, 0) is 10.0 Å². The van der Waals surface area contributed by atoms with Crippen molar-refractivity contribution in [2.24, 2.45) is 0 Å². The average Bonchev–Trinajstić information content (AvgIpc) is 2.70. The van der Waals surface area contributed by atoms with Gasteiger partial charge in [-0.05, 0) is 42.8 Å². The summed E-state index contributed by atoms with van der Waals surface area (Å²) in [5, 5.41) is 13.4. The Balaban J connectivity index is 1.84. The summed E-state index contributed by atoms with van der Waals surface area (Å²) in [5.74, 6) is -0.523. The smallest absolute Gasteiger partial charge is 0.271 e. The summed E-state index contributed by atoms with van der Waals surface area (Å²) in [7, 11) is -3.81. The topological polar surface area (TPSA) is 118 Å². The molecule has 148 valence electrons. The van der Waals surface area contributed by atoms with E-state index in [2.05, 4.69) is 10.0 Å². The minimum Gasteiger partial charge on any atom is -0.322 e. The Morgan fingerprint density at radius 1 is 0.966 bits per heavy atom. The maximum absolute atomic E-state index is 12.6. The molecule has 1 amide bonds. The maximum atomic E-state index is 12.6. The lowest BCUT2D eigenvalue weighted by atomic mass is 10.1. The van der Waals surface area contributed by atoms with Crippen molar-refractivity contribution in [2.45, 2.75) is 11.8 Å². The third kappa shape index (κ3) is 4.77. The van der Waals surface area contributed by atoms with Crippen molar-refractivity contribution in [2.75, 3.05) is 10.0 Å². The molecule has 9 heteroatoms. The molecule has 0 spiro atoms. The molecule has 0 aliphatic carbocycles. The van der Waals surface area contributed by atoms with Gasteiger partial charge in [0.1, 0.15) is 0 Å². The van der Waals surface area contributed by atoms with Crippen LogP contribution in [0.3, 0.4) is 0 Å². The van der Waals surface area contributed by atoms with Gasteiger partial charge in [0.05, 0.1) is 15.5 Å². The van der Waals surface area contributed by atoms with Gasteiger partial charge >= 0.3 is 0 Å². The molecular formula is C20H17N3O5S. The van der Waals surface area contributed by atoms with Crippen LogP contribution < -0.4 is 10.0 Å². The van der Waals surface area contributed by atoms with Crippen LogP contribution in [0.25, 0.3) is 0 Å². The summed E-state index contributed by atoms with van der Waals surface area (Å²) in [6, 6.07) is 18.0. The Morgan fingerprint density at radius 2 is 1.69 bits per heavy atom. The van der Waals surface area contributed by atoms with Crippen molar-refractivity contribution in [1.82, 2.24) is 0 Å². The lowest BCUT2D eigenvalue weighted by molar-refractivity contribution is -0.384. The van der Waals surface area contributed by atoms with Gasteiger partial charge in [-0.15, -0.1) is 0 Å². The summed E-state index contributed by atoms with van der Waals surface area (Å²) in [6.45, 7) is 1.71. The van der Waals surface area contributed by atoms with Crippen LogP contribution in [0.1, 0.15) is 15.9 Å². The molecule has 0 aromatic heterocycles. The molecule has 0 aliphatic heterocycles. The molecule has 2 N–H and O–H groups in total. The van der Waals surface area contributed by atoms with E-state index in [1.54, 1.807) is 37.3 Å². The highest BCUT2D eigenvalue weighted by Gasteiger charge is 2.17. The molecule has 0 aliphatic rings. The maximum Gasteiger partial charge on any atom is 0.271 e. The standard InChI is InChI=1S/C20H17N3O5S/c1-14-10-11-15(20(24)21-16-6-5-7-17(13-16)23(25)26)12-19(14)22-29(27,28)18-8-3-2-4-9-18/h2-13,22H,1H3,(H,21,24). The number of sulfonamides is 1. The summed E-state index contributed by atoms with van der Waals surface area (Å²) in [4.78, 5) is 22.9. The molecule has 0 atom stereocenters. The van der Waals surface area contributed by atoms with Gasteiger partial charge in [0.15, 0.2) is 0 Å². The predicted molar refractivity (Wildman–Crippen MR) is 109 cm³/mol. The zero-order chi connectivity index (χ0) is 21.0. The first-order valence-corrected chi connectivity index (χ1v) is 9.99. The Labute approximate surface area is 167 Å². The zero-order valence-electron chi connectivity index (χ0n) is 15.3. The number of amides is 1. The molecule has 3 aromatic carbocycles. The molecule has 3 rings (SSSR count). The number of nitro benzene ring substituents is 1. The molecule has 0 heterocycles. The third-order valence-corrected chi connectivity index (χ3v) is 5.49. The van der Waals surface area contributed by atoms with Gasteiger partial charge in [0.25, 0.3) is 21.6 Å². The van der Waals surface area contributed by atoms with E-state index < -0.39 is 20.9 Å². The molecule has 0 radical (unpaired) electrons. The molecule has 0 fully saturated rings. The van der Waals surface area contributed by atoms with Crippen molar-refractivity contribution >= 4 is 33.0 Å². The number of anilines is 2. The van der Waals surface area contributed by atoms with E-state index in [4.69, 9.17) is 0 Å². The number of hydrogen-bond donors (Lipinski definition) is 2. The first-order chi connectivity index (χ1) is 13.8. The Bertz CT molecular complexity index is 1180. The lowest BCUT2D eigenvalue weighted by Gasteiger charge is -2.12. The van der Waals surface area contributed by atoms with Crippen molar-refractivity contribution < 1.29 is 18.1 Å². The average molecular weight is 411 g/mol. The molecule has 8 nitrogen and oxygen atoms in total. The zero-order valence-corrected chi connectivity index (χ0v) is 16.1. The second-order valence-corrected chi connectivity index (χ2v) is 7.89. The number of non-ortho nitro benzene ring substituents is 1. The summed E-state index contributed by atoms with van der Waals surface area (Å²) < 4.78 is 27.6. The third-order valence-electron chi connectivity index (χ3n) is 4.11. The fourth-order valence-corrected chi connectivity index (χ4v) is 3.72. The van der Waals surface area contributed by atoms with Crippen LogP contribution in [0, 0.1) is 17.0 Å². The van der Waals surface area contributed by atoms with Gasteiger partial charge in [0, 0.05) is 23.4 Å². The van der Waals surface area contributed by atoms with E-state index in [9.17, 15) is 23.3 Å². The number of nitrogens with one attached hydrogen (secondary N) is 2. The number of rotatable bonds is 6. The second kappa shape index (κ2) is 8.11. The first kappa shape index (κ1) is 20.0. The number of hydrogen-bond acceptors (Lipinski definition) is 5. The van der Waals surface area contributed by atoms with Crippen molar-refractivity contribution in [1.29, 1.82) is 0 Å².